The molecule has 0 spiro atoms. The van der Waals surface area contributed by atoms with E-state index < -0.39 is 0 Å². The van der Waals surface area contributed by atoms with Crippen molar-refractivity contribution in [3.8, 4) is 0 Å². The molecule has 2 atom stereocenters. The Hall–Kier alpha value is -0.0400. The van der Waals surface area contributed by atoms with Gasteiger partial charge in [-0.05, 0) is 37.6 Å². The predicted octanol–water partition coefficient (Wildman–Crippen LogP) is 3.59. The molecule has 1 saturated carbocycles. The second kappa shape index (κ2) is 6.44. The smallest absolute Gasteiger partial charge is 0.00901 e. The zero-order chi connectivity index (χ0) is 10.4. The van der Waals surface area contributed by atoms with Crippen LogP contribution < -0.4 is 5.32 Å². The van der Waals surface area contributed by atoms with Crippen LogP contribution in [-0.2, 0) is 0 Å². The van der Waals surface area contributed by atoms with Gasteiger partial charge in [-0.3, -0.25) is 0 Å². The molecule has 1 aliphatic carbocycles. The third-order valence-electron chi connectivity index (χ3n) is 3.71. The van der Waals surface area contributed by atoms with Crippen molar-refractivity contribution in [3.05, 3.63) is 0 Å². The van der Waals surface area contributed by atoms with E-state index >= 15 is 0 Å². The van der Waals surface area contributed by atoms with E-state index in [0.717, 1.165) is 17.9 Å². The van der Waals surface area contributed by atoms with Gasteiger partial charge in [0.1, 0.15) is 0 Å². The van der Waals surface area contributed by atoms with Gasteiger partial charge in [-0.25, -0.2) is 0 Å². The molecule has 1 heteroatoms. The van der Waals surface area contributed by atoms with Crippen molar-refractivity contribution < 1.29 is 0 Å². The molecule has 2 unspecified atom stereocenters. The third kappa shape index (κ3) is 3.61. The number of hydrogen-bond acceptors (Lipinski definition) is 1. The molecular weight excluding hydrogens is 170 g/mol. The molecule has 1 N–H and O–H groups in total. The Morgan fingerprint density at radius 2 is 2.00 bits per heavy atom. The summed E-state index contributed by atoms with van der Waals surface area (Å²) in [6.07, 6.45) is 8.47. The quantitative estimate of drug-likeness (QED) is 0.657. The molecule has 0 bridgehead atoms. The molecule has 14 heavy (non-hydrogen) atoms. The van der Waals surface area contributed by atoms with Crippen LogP contribution in [-0.4, -0.2) is 12.6 Å². The first-order valence-corrected chi connectivity index (χ1v) is 6.51. The van der Waals surface area contributed by atoms with E-state index in [9.17, 15) is 0 Å². The molecule has 0 saturated heterocycles. The van der Waals surface area contributed by atoms with E-state index in [2.05, 4.69) is 26.1 Å². The summed E-state index contributed by atoms with van der Waals surface area (Å²) in [6.45, 7) is 8.17. The monoisotopic (exact) mass is 197 g/mol. The Labute approximate surface area is 89.7 Å². The fourth-order valence-corrected chi connectivity index (χ4v) is 2.50. The van der Waals surface area contributed by atoms with Gasteiger partial charge in [-0.1, -0.05) is 40.0 Å². The zero-order valence-corrected chi connectivity index (χ0v) is 10.2. The topological polar surface area (TPSA) is 12.0 Å². The summed E-state index contributed by atoms with van der Waals surface area (Å²) in [4.78, 5) is 0. The van der Waals surface area contributed by atoms with Crippen molar-refractivity contribution in [2.45, 2.75) is 65.3 Å². The largest absolute Gasteiger partial charge is 0.314 e. The maximum atomic E-state index is 3.67. The van der Waals surface area contributed by atoms with E-state index in [1.165, 1.54) is 45.1 Å². The van der Waals surface area contributed by atoms with Crippen LogP contribution in [0.3, 0.4) is 0 Å². The summed E-state index contributed by atoms with van der Waals surface area (Å²) in [6, 6.07) is 0.760. The van der Waals surface area contributed by atoms with E-state index in [1.54, 1.807) is 0 Å². The zero-order valence-electron chi connectivity index (χ0n) is 10.2. The van der Waals surface area contributed by atoms with Crippen molar-refractivity contribution in [1.82, 2.24) is 5.32 Å². The Bertz CT molecular complexity index is 140. The lowest BCUT2D eigenvalue weighted by Gasteiger charge is -2.32. The van der Waals surface area contributed by atoms with Gasteiger partial charge in [0, 0.05) is 6.04 Å². The Kier molecular flexibility index (Phi) is 5.54. The van der Waals surface area contributed by atoms with Gasteiger partial charge < -0.3 is 5.32 Å². The van der Waals surface area contributed by atoms with Gasteiger partial charge in [-0.15, -0.1) is 0 Å². The van der Waals surface area contributed by atoms with Crippen LogP contribution in [0.15, 0.2) is 0 Å². The Morgan fingerprint density at radius 1 is 1.29 bits per heavy atom. The molecule has 0 amide bonds. The number of hydrogen-bond donors (Lipinski definition) is 1. The number of nitrogens with one attached hydrogen (secondary N) is 1. The molecular formula is C13H27N. The molecule has 0 aromatic rings. The Morgan fingerprint density at radius 3 is 2.43 bits per heavy atom. The minimum Gasteiger partial charge on any atom is -0.314 e. The van der Waals surface area contributed by atoms with E-state index in [0.29, 0.717) is 0 Å². The summed E-state index contributed by atoms with van der Waals surface area (Å²) < 4.78 is 0. The highest BCUT2D eigenvalue weighted by Crippen LogP contribution is 2.33. The van der Waals surface area contributed by atoms with Crippen LogP contribution in [0.5, 0.6) is 0 Å². The highest BCUT2D eigenvalue weighted by atomic mass is 14.9. The van der Waals surface area contributed by atoms with Gasteiger partial charge >= 0.3 is 0 Å². The molecule has 0 radical (unpaired) electrons. The van der Waals surface area contributed by atoms with Gasteiger partial charge in [0.2, 0.25) is 0 Å². The lowest BCUT2D eigenvalue weighted by Crippen LogP contribution is -2.36. The second-order valence-electron chi connectivity index (χ2n) is 4.98. The van der Waals surface area contributed by atoms with Crippen LogP contribution in [0.1, 0.15) is 59.3 Å². The normalized spacial score (nSPS) is 21.6. The summed E-state index contributed by atoms with van der Waals surface area (Å²) >= 11 is 0. The first kappa shape index (κ1) is 12.0. The van der Waals surface area contributed by atoms with E-state index in [1.807, 2.05) is 0 Å². The molecule has 84 valence electrons. The van der Waals surface area contributed by atoms with Crippen LogP contribution in [0.25, 0.3) is 0 Å². The van der Waals surface area contributed by atoms with Crippen molar-refractivity contribution in [1.29, 1.82) is 0 Å². The average molecular weight is 197 g/mol. The highest BCUT2D eigenvalue weighted by molar-refractivity contribution is 4.78. The molecule has 0 aromatic carbocycles. The molecule has 1 rings (SSSR count). The summed E-state index contributed by atoms with van der Waals surface area (Å²) in [5.41, 5.74) is 0. The van der Waals surface area contributed by atoms with Crippen LogP contribution in [0.4, 0.5) is 0 Å². The molecule has 0 aromatic heterocycles. The highest BCUT2D eigenvalue weighted by Gasteiger charge is 2.23. The van der Waals surface area contributed by atoms with Gasteiger partial charge in [0.25, 0.3) is 0 Å². The molecule has 0 heterocycles. The minimum absolute atomic E-state index is 0.760. The standard InChI is InChI=1S/C13H27N/c1-4-9-14-13(5-2)11(3)10-12-7-6-8-12/h11-14H,4-10H2,1-3H3. The number of rotatable bonds is 7. The summed E-state index contributed by atoms with van der Waals surface area (Å²) in [7, 11) is 0. The van der Waals surface area contributed by atoms with E-state index in [-0.39, 0.29) is 0 Å². The van der Waals surface area contributed by atoms with Crippen LogP contribution in [0, 0.1) is 11.8 Å². The lowest BCUT2D eigenvalue weighted by atomic mass is 9.77. The second-order valence-corrected chi connectivity index (χ2v) is 4.98. The van der Waals surface area contributed by atoms with Crippen LogP contribution >= 0.6 is 0 Å². The maximum Gasteiger partial charge on any atom is 0.00901 e. The maximum absolute atomic E-state index is 3.67. The first-order chi connectivity index (χ1) is 6.77. The summed E-state index contributed by atoms with van der Waals surface area (Å²) in [5, 5.41) is 3.67. The predicted molar refractivity (Wildman–Crippen MR) is 63.5 cm³/mol. The van der Waals surface area contributed by atoms with Crippen LogP contribution in [0.2, 0.25) is 0 Å². The van der Waals surface area contributed by atoms with Crippen molar-refractivity contribution >= 4 is 0 Å². The Balaban J connectivity index is 2.19. The van der Waals surface area contributed by atoms with Crippen molar-refractivity contribution in [2.75, 3.05) is 6.54 Å². The average Bonchev–Trinajstić information content (AvgIpc) is 2.13. The minimum atomic E-state index is 0.760. The molecule has 0 aliphatic heterocycles. The van der Waals surface area contributed by atoms with Crippen molar-refractivity contribution in [3.63, 3.8) is 0 Å². The van der Waals surface area contributed by atoms with Gasteiger partial charge in [-0.2, -0.15) is 0 Å². The summed E-state index contributed by atoms with van der Waals surface area (Å²) in [5.74, 6) is 1.93. The van der Waals surface area contributed by atoms with Gasteiger partial charge in [0.05, 0.1) is 0 Å². The third-order valence-corrected chi connectivity index (χ3v) is 3.71. The first-order valence-electron chi connectivity index (χ1n) is 6.51. The fraction of sp³-hybridized carbons (Fsp3) is 1.00. The SMILES string of the molecule is CCCNC(CC)C(C)CC1CCC1. The van der Waals surface area contributed by atoms with E-state index in [4.69, 9.17) is 0 Å². The fourth-order valence-electron chi connectivity index (χ4n) is 2.50. The molecule has 1 aliphatic rings. The van der Waals surface area contributed by atoms with Crippen molar-refractivity contribution in [2.24, 2.45) is 11.8 Å². The van der Waals surface area contributed by atoms with Gasteiger partial charge in [0.15, 0.2) is 0 Å². The molecule has 1 fully saturated rings. The lowest BCUT2D eigenvalue weighted by molar-refractivity contribution is 0.223. The molecule has 1 nitrogen and oxygen atoms in total.